The summed E-state index contributed by atoms with van der Waals surface area (Å²) in [6.45, 7) is 11.3. The summed E-state index contributed by atoms with van der Waals surface area (Å²) in [5, 5.41) is 13.0. The van der Waals surface area contributed by atoms with Gasteiger partial charge < -0.3 is 9.13 Å². The number of fused-ring (bicyclic) bond motifs is 8. The van der Waals surface area contributed by atoms with Gasteiger partial charge in [-0.05, 0) is 138 Å². The van der Waals surface area contributed by atoms with E-state index in [2.05, 4.69) is 183 Å². The number of hydrogen-bond donors (Lipinski definition) is 0. The van der Waals surface area contributed by atoms with Crippen molar-refractivity contribution in [2.75, 3.05) is 0 Å². The van der Waals surface area contributed by atoms with Gasteiger partial charge in [0.1, 0.15) is 0 Å². The van der Waals surface area contributed by atoms with Gasteiger partial charge in [0, 0.05) is 49.1 Å². The van der Waals surface area contributed by atoms with E-state index in [9.17, 15) is 0 Å². The molecule has 2 nitrogen and oxygen atoms in total. The van der Waals surface area contributed by atoms with E-state index in [1.165, 1.54) is 126 Å². The Morgan fingerprint density at radius 3 is 1.51 bits per heavy atom. The highest BCUT2D eigenvalue weighted by molar-refractivity contribution is 6.37. The molecule has 11 rings (SSSR count). The summed E-state index contributed by atoms with van der Waals surface area (Å²) in [6.07, 6.45) is 2.00. The lowest BCUT2D eigenvalue weighted by Gasteiger charge is -2.21. The first-order valence-electron chi connectivity index (χ1n) is 19.8. The first kappa shape index (κ1) is 32.1. The predicted molar refractivity (Wildman–Crippen MR) is 237 cm³/mol. The lowest BCUT2D eigenvalue weighted by Crippen LogP contribution is -1.99. The van der Waals surface area contributed by atoms with Crippen LogP contribution < -0.4 is 0 Å². The molecule has 2 aromatic heterocycles. The number of aryl methyl sites for hydroxylation is 5. The van der Waals surface area contributed by atoms with Crippen molar-refractivity contribution in [3.63, 3.8) is 0 Å². The molecule has 0 unspecified atom stereocenters. The maximum Gasteiger partial charge on any atom is 0.0620 e. The molecule has 0 bridgehead atoms. The Hall–Kier alpha value is -6.38. The fourth-order valence-corrected chi connectivity index (χ4v) is 10.1. The zero-order chi connectivity index (χ0) is 37.1. The van der Waals surface area contributed by atoms with Crippen molar-refractivity contribution in [1.29, 1.82) is 0 Å². The van der Waals surface area contributed by atoms with E-state index in [4.69, 9.17) is 0 Å². The normalized spacial score (nSPS) is 12.2. The molecule has 2 heterocycles. The second-order valence-corrected chi connectivity index (χ2v) is 15.7. The van der Waals surface area contributed by atoms with Crippen LogP contribution in [0.2, 0.25) is 0 Å². The fraction of sp³-hybridized carbons (Fsp3) is 0.132. The third-order valence-corrected chi connectivity index (χ3v) is 12.4. The maximum atomic E-state index is 2.53. The van der Waals surface area contributed by atoms with Gasteiger partial charge >= 0.3 is 0 Å². The molecule has 264 valence electrons. The highest BCUT2D eigenvalue weighted by Gasteiger charge is 2.25. The SMILES string of the molecule is CCc1cccc(-n2c3ccccc3c3cc4cc(-c5c(C)cc(C)cc5C)c5cc6c7ccccc7n(-c7cccc(CC)c7)c6c6ccc(c4c56)c32)c1. The van der Waals surface area contributed by atoms with Gasteiger partial charge in [-0.15, -0.1) is 0 Å². The number of benzene rings is 9. The Morgan fingerprint density at radius 2 is 0.945 bits per heavy atom. The van der Waals surface area contributed by atoms with Crippen LogP contribution in [0, 0.1) is 20.8 Å². The number of hydrogen-bond acceptors (Lipinski definition) is 0. The van der Waals surface area contributed by atoms with Crippen LogP contribution in [0.15, 0.2) is 140 Å². The Kier molecular flexibility index (Phi) is 6.89. The highest BCUT2D eigenvalue weighted by atomic mass is 15.0. The van der Waals surface area contributed by atoms with E-state index < -0.39 is 0 Å². The third-order valence-electron chi connectivity index (χ3n) is 12.4. The second-order valence-electron chi connectivity index (χ2n) is 15.7. The molecule has 2 heteroatoms. The van der Waals surface area contributed by atoms with Crippen molar-refractivity contribution in [1.82, 2.24) is 9.13 Å². The van der Waals surface area contributed by atoms with E-state index in [1.54, 1.807) is 0 Å². The van der Waals surface area contributed by atoms with Crippen molar-refractivity contribution in [2.24, 2.45) is 0 Å². The number of rotatable bonds is 5. The standard InChI is InChI=1S/C53H42N2/c1-6-34-14-12-16-37(26-34)54-47-20-10-8-18-39(47)45-29-36-28-43(49-32(4)24-31(3)25-33(49)5)44-30-46-40-19-9-11-21-48(40)55(38-17-13-15-35(7-2)27-38)53(46)42-23-22-41(52(45)54)50(36)51(42)44/h8-30H,6-7H2,1-5H3. The fourth-order valence-electron chi connectivity index (χ4n) is 10.1. The Morgan fingerprint density at radius 1 is 0.418 bits per heavy atom. The molecule has 0 saturated carbocycles. The van der Waals surface area contributed by atoms with E-state index >= 15 is 0 Å². The summed E-state index contributed by atoms with van der Waals surface area (Å²) in [6, 6.07) is 53.3. The molecular formula is C53H42N2. The van der Waals surface area contributed by atoms with Crippen molar-refractivity contribution in [3.05, 3.63) is 167 Å². The smallest absolute Gasteiger partial charge is 0.0620 e. The van der Waals surface area contributed by atoms with Gasteiger partial charge in [0.05, 0.1) is 22.1 Å². The summed E-state index contributed by atoms with van der Waals surface area (Å²) in [5.74, 6) is 0. The summed E-state index contributed by atoms with van der Waals surface area (Å²) < 4.78 is 5.05. The largest absolute Gasteiger partial charge is 0.309 e. The van der Waals surface area contributed by atoms with Gasteiger partial charge in [0.2, 0.25) is 0 Å². The molecule has 0 saturated heterocycles. The van der Waals surface area contributed by atoms with Crippen LogP contribution in [0.5, 0.6) is 0 Å². The topological polar surface area (TPSA) is 9.86 Å². The Labute approximate surface area is 321 Å². The second kappa shape index (κ2) is 11.8. The molecule has 0 amide bonds. The minimum absolute atomic E-state index is 0.998. The van der Waals surface area contributed by atoms with Gasteiger partial charge in [0.25, 0.3) is 0 Å². The Balaban J connectivity index is 1.40. The molecule has 0 spiro atoms. The lowest BCUT2D eigenvalue weighted by atomic mass is 9.84. The maximum absolute atomic E-state index is 2.53. The number of aromatic nitrogens is 2. The molecule has 0 fully saturated rings. The van der Waals surface area contributed by atoms with Crippen LogP contribution >= 0.6 is 0 Å². The van der Waals surface area contributed by atoms with E-state index in [-0.39, 0.29) is 0 Å². The first-order chi connectivity index (χ1) is 26.9. The molecule has 0 radical (unpaired) electrons. The Bertz CT molecular complexity index is 3350. The third kappa shape index (κ3) is 4.49. The summed E-state index contributed by atoms with van der Waals surface area (Å²) >= 11 is 0. The molecular weight excluding hydrogens is 665 g/mol. The van der Waals surface area contributed by atoms with E-state index in [1.807, 2.05) is 0 Å². The van der Waals surface area contributed by atoms with Crippen LogP contribution in [-0.4, -0.2) is 9.13 Å². The first-order valence-corrected chi connectivity index (χ1v) is 19.8. The zero-order valence-corrected chi connectivity index (χ0v) is 32.1. The van der Waals surface area contributed by atoms with Crippen molar-refractivity contribution >= 4 is 75.9 Å². The van der Waals surface area contributed by atoms with Gasteiger partial charge in [-0.2, -0.15) is 0 Å². The van der Waals surface area contributed by atoms with E-state index in [0.717, 1.165) is 12.8 Å². The monoisotopic (exact) mass is 706 g/mol. The minimum Gasteiger partial charge on any atom is -0.309 e. The zero-order valence-electron chi connectivity index (χ0n) is 32.1. The molecule has 0 aliphatic carbocycles. The van der Waals surface area contributed by atoms with Crippen LogP contribution in [-0.2, 0) is 12.8 Å². The number of para-hydroxylation sites is 2. The van der Waals surface area contributed by atoms with Gasteiger partial charge in [-0.3, -0.25) is 0 Å². The molecule has 11 aromatic rings. The van der Waals surface area contributed by atoms with Crippen molar-refractivity contribution < 1.29 is 0 Å². The summed E-state index contributed by atoms with van der Waals surface area (Å²) in [5.41, 5.74) is 16.7. The van der Waals surface area contributed by atoms with Crippen LogP contribution in [0.1, 0.15) is 41.7 Å². The molecule has 9 aromatic carbocycles. The van der Waals surface area contributed by atoms with Crippen LogP contribution in [0.4, 0.5) is 0 Å². The van der Waals surface area contributed by atoms with Gasteiger partial charge in [-0.1, -0.05) is 104 Å². The average molecular weight is 707 g/mol. The highest BCUT2D eigenvalue weighted by Crippen LogP contribution is 2.50. The average Bonchev–Trinajstić information content (AvgIpc) is 3.72. The van der Waals surface area contributed by atoms with E-state index in [0.29, 0.717) is 0 Å². The van der Waals surface area contributed by atoms with Gasteiger partial charge in [0.15, 0.2) is 0 Å². The molecule has 0 aliphatic heterocycles. The molecule has 0 atom stereocenters. The lowest BCUT2D eigenvalue weighted by molar-refractivity contribution is 1.11. The van der Waals surface area contributed by atoms with Crippen LogP contribution in [0.25, 0.3) is 98.4 Å². The van der Waals surface area contributed by atoms with Gasteiger partial charge in [-0.25, -0.2) is 0 Å². The van der Waals surface area contributed by atoms with Crippen molar-refractivity contribution in [2.45, 2.75) is 47.5 Å². The summed E-state index contributed by atoms with van der Waals surface area (Å²) in [4.78, 5) is 0. The van der Waals surface area contributed by atoms with Crippen LogP contribution in [0.3, 0.4) is 0 Å². The summed E-state index contributed by atoms with van der Waals surface area (Å²) in [7, 11) is 0. The molecule has 0 N–H and O–H groups in total. The minimum atomic E-state index is 0.998. The molecule has 55 heavy (non-hydrogen) atoms. The number of nitrogens with zero attached hydrogens (tertiary/aromatic N) is 2. The quantitative estimate of drug-likeness (QED) is 0.158. The predicted octanol–water partition coefficient (Wildman–Crippen LogP) is 14.5. The molecule has 0 aliphatic rings. The van der Waals surface area contributed by atoms with Crippen molar-refractivity contribution in [3.8, 4) is 22.5 Å².